The molecule has 2 N–H and O–H groups in total. The lowest BCUT2D eigenvalue weighted by Crippen LogP contribution is -2.31. The summed E-state index contributed by atoms with van der Waals surface area (Å²) in [4.78, 5) is 22.6. The fraction of sp³-hybridized carbons (Fsp3) is 0.333. The summed E-state index contributed by atoms with van der Waals surface area (Å²) in [6.45, 7) is 8.17. The molecule has 5 nitrogen and oxygen atoms in total. The highest BCUT2D eigenvalue weighted by molar-refractivity contribution is 5.84. The van der Waals surface area contributed by atoms with E-state index in [2.05, 4.69) is 13.2 Å². The van der Waals surface area contributed by atoms with Crippen LogP contribution in [0.2, 0.25) is 0 Å². The van der Waals surface area contributed by atoms with E-state index < -0.39 is 23.8 Å². The zero-order chi connectivity index (χ0) is 13.4. The Morgan fingerprint density at radius 2 is 2.00 bits per heavy atom. The number of hydrogen-bond acceptors (Lipinski definition) is 4. The molecule has 0 rings (SSSR count). The second kappa shape index (κ2) is 7.27. The summed E-state index contributed by atoms with van der Waals surface area (Å²) in [5.41, 5.74) is 0.200. The van der Waals surface area contributed by atoms with Crippen LogP contribution in [0, 0.1) is 11.8 Å². The molecule has 0 amide bonds. The van der Waals surface area contributed by atoms with E-state index in [9.17, 15) is 9.59 Å². The Morgan fingerprint density at radius 3 is 2.35 bits per heavy atom. The van der Waals surface area contributed by atoms with Crippen molar-refractivity contribution in [2.75, 3.05) is 6.61 Å². The van der Waals surface area contributed by atoms with E-state index in [4.69, 9.17) is 14.9 Å². The molecule has 0 aromatic rings. The Hall–Kier alpha value is -2.04. The van der Waals surface area contributed by atoms with Crippen molar-refractivity contribution in [1.29, 1.82) is 0 Å². The van der Waals surface area contributed by atoms with Crippen LogP contribution in [0.25, 0.3) is 0 Å². The molecule has 0 aliphatic rings. The standard InChI is InChI=1S/C12H16O5/c1-4-6-17-12(16)10(8(3)7-13)9(5-2)11(14)15/h4-5,7,9-10,13H,1-2,6H2,3H3,(H,14,15). The molecule has 17 heavy (non-hydrogen) atoms. The van der Waals surface area contributed by atoms with E-state index in [1.54, 1.807) is 0 Å². The monoisotopic (exact) mass is 240 g/mol. The van der Waals surface area contributed by atoms with Crippen molar-refractivity contribution in [2.24, 2.45) is 11.8 Å². The van der Waals surface area contributed by atoms with Gasteiger partial charge in [0.15, 0.2) is 0 Å². The van der Waals surface area contributed by atoms with E-state index in [0.717, 1.165) is 6.08 Å². The van der Waals surface area contributed by atoms with Crippen LogP contribution >= 0.6 is 0 Å². The topological polar surface area (TPSA) is 83.8 Å². The van der Waals surface area contributed by atoms with E-state index in [-0.39, 0.29) is 12.2 Å². The van der Waals surface area contributed by atoms with Gasteiger partial charge in [-0.15, -0.1) is 6.58 Å². The molecule has 0 radical (unpaired) electrons. The van der Waals surface area contributed by atoms with Crippen molar-refractivity contribution in [3.63, 3.8) is 0 Å². The van der Waals surface area contributed by atoms with Gasteiger partial charge in [-0.2, -0.15) is 0 Å². The maximum absolute atomic E-state index is 11.7. The molecule has 0 aromatic carbocycles. The fourth-order valence-corrected chi connectivity index (χ4v) is 1.31. The Kier molecular flexibility index (Phi) is 6.40. The number of ether oxygens (including phenoxy) is 1. The van der Waals surface area contributed by atoms with E-state index >= 15 is 0 Å². The van der Waals surface area contributed by atoms with Crippen molar-refractivity contribution < 1.29 is 24.5 Å². The summed E-state index contributed by atoms with van der Waals surface area (Å²) in [5, 5.41) is 17.8. The molecule has 0 aliphatic carbocycles. The second-order valence-corrected chi connectivity index (χ2v) is 3.37. The minimum absolute atomic E-state index is 0.0163. The number of esters is 1. The van der Waals surface area contributed by atoms with Crippen LogP contribution in [0.3, 0.4) is 0 Å². The van der Waals surface area contributed by atoms with Gasteiger partial charge in [0.05, 0.1) is 18.1 Å². The summed E-state index contributed by atoms with van der Waals surface area (Å²) in [6.07, 6.45) is 3.20. The molecule has 0 spiro atoms. The van der Waals surface area contributed by atoms with Gasteiger partial charge in [0, 0.05) is 0 Å². The number of carboxylic acids is 1. The molecule has 0 fully saturated rings. The lowest BCUT2D eigenvalue weighted by atomic mass is 9.87. The highest BCUT2D eigenvalue weighted by Crippen LogP contribution is 2.23. The van der Waals surface area contributed by atoms with Gasteiger partial charge in [0.1, 0.15) is 6.61 Å². The van der Waals surface area contributed by atoms with E-state index in [1.165, 1.54) is 13.0 Å². The number of aliphatic hydroxyl groups is 1. The largest absolute Gasteiger partial charge is 0.516 e. The second-order valence-electron chi connectivity index (χ2n) is 3.37. The molecule has 0 saturated carbocycles. The number of carboxylic acid groups (broad SMARTS) is 1. The lowest BCUT2D eigenvalue weighted by Gasteiger charge is -2.19. The highest BCUT2D eigenvalue weighted by atomic mass is 16.5. The summed E-state index contributed by atoms with van der Waals surface area (Å²) in [7, 11) is 0. The van der Waals surface area contributed by atoms with E-state index in [1.807, 2.05) is 0 Å². The van der Waals surface area contributed by atoms with Gasteiger partial charge < -0.3 is 14.9 Å². The molecule has 0 aromatic heterocycles. The lowest BCUT2D eigenvalue weighted by molar-refractivity contribution is -0.153. The first-order valence-electron chi connectivity index (χ1n) is 4.93. The predicted molar refractivity (Wildman–Crippen MR) is 62.4 cm³/mol. The normalized spacial score (nSPS) is 14.5. The van der Waals surface area contributed by atoms with Crippen LogP contribution in [0.15, 0.2) is 37.1 Å². The molecule has 94 valence electrons. The Morgan fingerprint density at radius 1 is 1.41 bits per heavy atom. The van der Waals surface area contributed by atoms with Crippen molar-refractivity contribution in [3.8, 4) is 0 Å². The van der Waals surface area contributed by atoms with Crippen molar-refractivity contribution in [1.82, 2.24) is 0 Å². The average molecular weight is 240 g/mol. The number of aliphatic hydroxyl groups excluding tert-OH is 1. The molecular weight excluding hydrogens is 224 g/mol. The highest BCUT2D eigenvalue weighted by Gasteiger charge is 2.34. The molecule has 0 saturated heterocycles. The maximum atomic E-state index is 11.7. The van der Waals surface area contributed by atoms with Crippen LogP contribution in [0.1, 0.15) is 6.92 Å². The smallest absolute Gasteiger partial charge is 0.314 e. The molecule has 0 bridgehead atoms. The molecular formula is C12H16O5. The Labute approximate surface area is 99.7 Å². The summed E-state index contributed by atoms with van der Waals surface area (Å²) >= 11 is 0. The third-order valence-corrected chi connectivity index (χ3v) is 2.19. The number of hydrogen-bond donors (Lipinski definition) is 2. The first-order chi connectivity index (χ1) is 7.99. The predicted octanol–water partition coefficient (Wildman–Crippen LogP) is 1.68. The molecule has 2 unspecified atom stereocenters. The van der Waals surface area contributed by atoms with E-state index in [0.29, 0.717) is 6.26 Å². The summed E-state index contributed by atoms with van der Waals surface area (Å²) in [5.74, 6) is -4.17. The van der Waals surface area contributed by atoms with Gasteiger partial charge in [0.2, 0.25) is 0 Å². The maximum Gasteiger partial charge on any atom is 0.314 e. The van der Waals surface area contributed by atoms with Crippen LogP contribution < -0.4 is 0 Å². The minimum atomic E-state index is -1.21. The van der Waals surface area contributed by atoms with Crippen molar-refractivity contribution >= 4 is 11.9 Å². The van der Waals surface area contributed by atoms with Crippen LogP contribution in [-0.2, 0) is 14.3 Å². The quantitative estimate of drug-likeness (QED) is 0.402. The van der Waals surface area contributed by atoms with Gasteiger partial charge in [-0.1, -0.05) is 18.7 Å². The molecule has 0 heterocycles. The van der Waals surface area contributed by atoms with Crippen LogP contribution in [0.4, 0.5) is 0 Å². The molecule has 5 heteroatoms. The SMILES string of the molecule is C=CCOC(=O)C(C(C)=CO)C(C=C)C(=O)O. The van der Waals surface area contributed by atoms with Gasteiger partial charge in [0.25, 0.3) is 0 Å². The van der Waals surface area contributed by atoms with Crippen LogP contribution in [-0.4, -0.2) is 28.8 Å². The number of aliphatic carboxylic acids is 1. The zero-order valence-corrected chi connectivity index (χ0v) is 9.63. The molecule has 2 atom stereocenters. The van der Waals surface area contributed by atoms with Gasteiger partial charge in [-0.3, -0.25) is 9.59 Å². The summed E-state index contributed by atoms with van der Waals surface area (Å²) < 4.78 is 4.79. The number of rotatable bonds is 7. The molecule has 0 aliphatic heterocycles. The third kappa shape index (κ3) is 4.14. The van der Waals surface area contributed by atoms with Crippen LogP contribution in [0.5, 0.6) is 0 Å². The summed E-state index contributed by atoms with van der Waals surface area (Å²) in [6, 6.07) is 0. The number of carbonyl (C=O) groups is 2. The fourth-order valence-electron chi connectivity index (χ4n) is 1.31. The Bertz CT molecular complexity index is 343. The van der Waals surface area contributed by atoms with Gasteiger partial charge in [-0.05, 0) is 12.5 Å². The first-order valence-corrected chi connectivity index (χ1v) is 4.93. The van der Waals surface area contributed by atoms with Crippen molar-refractivity contribution in [3.05, 3.63) is 37.1 Å². The van der Waals surface area contributed by atoms with Crippen molar-refractivity contribution in [2.45, 2.75) is 6.92 Å². The van der Waals surface area contributed by atoms with Gasteiger partial charge in [-0.25, -0.2) is 0 Å². The van der Waals surface area contributed by atoms with Gasteiger partial charge >= 0.3 is 11.9 Å². The average Bonchev–Trinajstić information content (AvgIpc) is 2.31. The minimum Gasteiger partial charge on any atom is -0.516 e. The zero-order valence-electron chi connectivity index (χ0n) is 9.63. The Balaban J connectivity index is 5.11. The first kappa shape index (κ1) is 15.0. The third-order valence-electron chi connectivity index (χ3n) is 2.19. The number of carbonyl (C=O) groups excluding carboxylic acids is 1.